The van der Waals surface area contributed by atoms with Crippen LogP contribution in [0.1, 0.15) is 59.8 Å². The first-order chi connectivity index (χ1) is 8.45. The van der Waals surface area contributed by atoms with E-state index in [-0.39, 0.29) is 0 Å². The van der Waals surface area contributed by atoms with Crippen LogP contribution in [0.25, 0.3) is 0 Å². The normalized spacial score (nSPS) is 30.4. The molecule has 0 spiro atoms. The highest BCUT2D eigenvalue weighted by molar-refractivity contribution is 5.75. The molecule has 0 heterocycles. The molecular formula is C15H29NO2. The van der Waals surface area contributed by atoms with Gasteiger partial charge in [0.15, 0.2) is 0 Å². The maximum absolute atomic E-state index is 11.8. The molecule has 1 saturated carbocycles. The van der Waals surface area contributed by atoms with Crippen molar-refractivity contribution in [3.8, 4) is 0 Å². The van der Waals surface area contributed by atoms with Gasteiger partial charge in [-0.3, -0.25) is 9.69 Å². The predicted molar refractivity (Wildman–Crippen MR) is 74.7 cm³/mol. The van der Waals surface area contributed by atoms with Gasteiger partial charge in [0.2, 0.25) is 0 Å². The Balaban J connectivity index is 2.81. The van der Waals surface area contributed by atoms with Crippen LogP contribution in [-0.2, 0) is 4.79 Å². The molecule has 1 rings (SSSR count). The summed E-state index contributed by atoms with van der Waals surface area (Å²) in [6.07, 6.45) is 5.02. The van der Waals surface area contributed by atoms with Crippen LogP contribution >= 0.6 is 0 Å². The van der Waals surface area contributed by atoms with Gasteiger partial charge in [-0.05, 0) is 38.6 Å². The van der Waals surface area contributed by atoms with Crippen molar-refractivity contribution in [3.63, 3.8) is 0 Å². The van der Waals surface area contributed by atoms with E-state index in [2.05, 4.69) is 32.6 Å². The highest BCUT2D eigenvalue weighted by Crippen LogP contribution is 2.40. The van der Waals surface area contributed by atoms with Gasteiger partial charge in [-0.15, -0.1) is 0 Å². The summed E-state index contributed by atoms with van der Waals surface area (Å²) >= 11 is 0. The zero-order valence-corrected chi connectivity index (χ0v) is 12.4. The third-order valence-corrected chi connectivity index (χ3v) is 4.67. The summed E-state index contributed by atoms with van der Waals surface area (Å²) < 4.78 is 0. The van der Waals surface area contributed by atoms with Crippen LogP contribution in [0.15, 0.2) is 0 Å². The van der Waals surface area contributed by atoms with Gasteiger partial charge >= 0.3 is 5.97 Å². The van der Waals surface area contributed by atoms with Crippen molar-refractivity contribution < 1.29 is 9.90 Å². The number of carboxylic acids is 1. The van der Waals surface area contributed by atoms with E-state index in [4.69, 9.17) is 0 Å². The fraction of sp³-hybridized carbons (Fsp3) is 0.933. The molecular weight excluding hydrogens is 226 g/mol. The van der Waals surface area contributed by atoms with Gasteiger partial charge < -0.3 is 5.11 Å². The maximum Gasteiger partial charge on any atom is 0.310 e. The lowest BCUT2D eigenvalue weighted by atomic mass is 9.69. The van der Waals surface area contributed by atoms with Crippen LogP contribution in [-0.4, -0.2) is 35.1 Å². The molecule has 0 aromatic heterocycles. The van der Waals surface area contributed by atoms with E-state index in [0.29, 0.717) is 12.0 Å². The largest absolute Gasteiger partial charge is 0.481 e. The molecule has 0 bridgehead atoms. The fourth-order valence-electron chi connectivity index (χ4n) is 3.29. The lowest BCUT2D eigenvalue weighted by Crippen LogP contribution is -2.48. The standard InChI is InChI=1S/C15H29NO2/c1-5-13(4)16(6-2)11-15(14(17)18)9-7-8-12(3)10-15/h12-13H,5-11H2,1-4H3,(H,17,18). The van der Waals surface area contributed by atoms with Crippen LogP contribution < -0.4 is 0 Å². The molecule has 1 aliphatic rings. The van der Waals surface area contributed by atoms with Gasteiger partial charge in [-0.2, -0.15) is 0 Å². The number of hydrogen-bond acceptors (Lipinski definition) is 2. The van der Waals surface area contributed by atoms with E-state index in [1.807, 2.05) is 0 Å². The van der Waals surface area contributed by atoms with Gasteiger partial charge in [0, 0.05) is 12.6 Å². The second kappa shape index (κ2) is 6.55. The summed E-state index contributed by atoms with van der Waals surface area (Å²) in [5, 5.41) is 9.68. The van der Waals surface area contributed by atoms with Crippen molar-refractivity contribution in [1.29, 1.82) is 0 Å². The van der Waals surface area contributed by atoms with Crippen molar-refractivity contribution in [3.05, 3.63) is 0 Å². The van der Waals surface area contributed by atoms with Crippen LogP contribution in [0.4, 0.5) is 0 Å². The summed E-state index contributed by atoms with van der Waals surface area (Å²) in [4.78, 5) is 14.1. The summed E-state index contributed by atoms with van der Waals surface area (Å²) in [5.41, 5.74) is -0.503. The summed E-state index contributed by atoms with van der Waals surface area (Å²) in [6.45, 7) is 10.4. The predicted octanol–water partition coefficient (Wildman–Crippen LogP) is 3.39. The molecule has 3 heteroatoms. The molecule has 1 fully saturated rings. The number of carboxylic acid groups (broad SMARTS) is 1. The van der Waals surface area contributed by atoms with Crippen molar-refractivity contribution >= 4 is 5.97 Å². The molecule has 0 aliphatic heterocycles. The lowest BCUT2D eigenvalue weighted by Gasteiger charge is -2.41. The fourth-order valence-corrected chi connectivity index (χ4v) is 3.29. The molecule has 106 valence electrons. The zero-order valence-electron chi connectivity index (χ0n) is 12.4. The topological polar surface area (TPSA) is 40.5 Å². The average molecular weight is 255 g/mol. The third-order valence-electron chi connectivity index (χ3n) is 4.67. The molecule has 3 nitrogen and oxygen atoms in total. The van der Waals surface area contributed by atoms with Gasteiger partial charge in [0.05, 0.1) is 5.41 Å². The van der Waals surface area contributed by atoms with Crippen LogP contribution in [0.2, 0.25) is 0 Å². The molecule has 18 heavy (non-hydrogen) atoms. The Kier molecular flexibility index (Phi) is 5.64. The Hall–Kier alpha value is -0.570. The maximum atomic E-state index is 11.8. The molecule has 3 unspecified atom stereocenters. The second-order valence-electron chi connectivity index (χ2n) is 6.11. The van der Waals surface area contributed by atoms with Gasteiger partial charge in [0.25, 0.3) is 0 Å². The molecule has 0 radical (unpaired) electrons. The number of aliphatic carboxylic acids is 1. The third kappa shape index (κ3) is 3.47. The Labute approximate surface area is 112 Å². The smallest absolute Gasteiger partial charge is 0.310 e. The van der Waals surface area contributed by atoms with E-state index < -0.39 is 11.4 Å². The van der Waals surface area contributed by atoms with E-state index >= 15 is 0 Å². The SMILES string of the molecule is CCC(C)N(CC)CC1(C(=O)O)CCCC(C)C1. The van der Waals surface area contributed by atoms with E-state index in [1.165, 1.54) is 6.42 Å². The van der Waals surface area contributed by atoms with Crippen molar-refractivity contribution in [2.45, 2.75) is 65.8 Å². The van der Waals surface area contributed by atoms with E-state index in [9.17, 15) is 9.90 Å². The van der Waals surface area contributed by atoms with Crippen LogP contribution in [0, 0.1) is 11.3 Å². The molecule has 0 amide bonds. The second-order valence-corrected chi connectivity index (χ2v) is 6.11. The molecule has 0 saturated heterocycles. The van der Waals surface area contributed by atoms with Crippen LogP contribution in [0.3, 0.4) is 0 Å². The highest BCUT2D eigenvalue weighted by atomic mass is 16.4. The molecule has 0 aromatic carbocycles. The first-order valence-electron chi connectivity index (χ1n) is 7.42. The van der Waals surface area contributed by atoms with E-state index in [0.717, 1.165) is 38.8 Å². The van der Waals surface area contributed by atoms with E-state index in [1.54, 1.807) is 0 Å². The minimum atomic E-state index is -0.587. The minimum Gasteiger partial charge on any atom is -0.481 e. The van der Waals surface area contributed by atoms with Crippen molar-refractivity contribution in [2.24, 2.45) is 11.3 Å². The summed E-state index contributed by atoms with van der Waals surface area (Å²) in [6, 6.07) is 0.475. The highest BCUT2D eigenvalue weighted by Gasteiger charge is 2.43. The first kappa shape index (κ1) is 15.5. The Morgan fingerprint density at radius 2 is 2.17 bits per heavy atom. The number of hydrogen-bond donors (Lipinski definition) is 1. The van der Waals surface area contributed by atoms with Crippen molar-refractivity contribution in [1.82, 2.24) is 4.90 Å². The molecule has 0 aromatic rings. The molecule has 1 aliphatic carbocycles. The monoisotopic (exact) mass is 255 g/mol. The van der Waals surface area contributed by atoms with Crippen molar-refractivity contribution in [2.75, 3.05) is 13.1 Å². The zero-order chi connectivity index (χ0) is 13.8. The quantitative estimate of drug-likeness (QED) is 0.791. The van der Waals surface area contributed by atoms with Gasteiger partial charge in [-0.25, -0.2) is 0 Å². The Bertz CT molecular complexity index is 280. The number of rotatable bonds is 6. The molecule has 1 N–H and O–H groups in total. The lowest BCUT2D eigenvalue weighted by molar-refractivity contribution is -0.154. The first-order valence-corrected chi connectivity index (χ1v) is 7.42. The number of nitrogens with zero attached hydrogens (tertiary/aromatic N) is 1. The number of carbonyl (C=O) groups is 1. The minimum absolute atomic E-state index is 0.475. The Morgan fingerprint density at radius 1 is 1.50 bits per heavy atom. The van der Waals surface area contributed by atoms with Gasteiger partial charge in [0.1, 0.15) is 0 Å². The molecule has 3 atom stereocenters. The average Bonchev–Trinajstić information content (AvgIpc) is 2.35. The summed E-state index contributed by atoms with van der Waals surface area (Å²) in [5.74, 6) is -0.0405. The Morgan fingerprint density at radius 3 is 2.61 bits per heavy atom. The van der Waals surface area contributed by atoms with Gasteiger partial charge in [-0.1, -0.05) is 33.6 Å². The van der Waals surface area contributed by atoms with Crippen LogP contribution in [0.5, 0.6) is 0 Å². The summed E-state index contributed by atoms with van der Waals surface area (Å²) in [7, 11) is 0.